The maximum absolute atomic E-state index is 12.4. The summed E-state index contributed by atoms with van der Waals surface area (Å²) >= 11 is 3.32. The van der Waals surface area contributed by atoms with Crippen molar-refractivity contribution in [3.8, 4) is 0 Å². The minimum Gasteiger partial charge on any atom is -0.313 e. The highest BCUT2D eigenvalue weighted by molar-refractivity contribution is 9.10. The molecule has 0 amide bonds. The highest BCUT2D eigenvalue weighted by atomic mass is 79.9. The molecule has 0 atom stereocenters. The number of rotatable bonds is 6. The van der Waals surface area contributed by atoms with Gasteiger partial charge in [-0.1, -0.05) is 6.92 Å². The third kappa shape index (κ3) is 3.80. The quantitative estimate of drug-likeness (QED) is 0.716. The van der Waals surface area contributed by atoms with Gasteiger partial charge in [-0.2, -0.15) is 13.5 Å². The van der Waals surface area contributed by atoms with Gasteiger partial charge in [-0.25, -0.2) is 4.98 Å². The minimum atomic E-state index is -3.75. The van der Waals surface area contributed by atoms with E-state index in [4.69, 9.17) is 0 Å². The summed E-state index contributed by atoms with van der Waals surface area (Å²) in [7, 11) is -3.75. The molecule has 21 heavy (non-hydrogen) atoms. The van der Waals surface area contributed by atoms with Crippen molar-refractivity contribution in [2.75, 3.05) is 11.3 Å². The fourth-order valence-electron chi connectivity index (χ4n) is 1.70. The molecule has 7 nitrogen and oxygen atoms in total. The third-order valence-corrected chi connectivity index (χ3v) is 5.00. The standard InChI is InChI=1S/C12H16BrN5O2S/c1-3-14-5-9-6-16-17-12(9)21(19,20)18-11-4-8(2)10(13)7-15-11/h4,6-7,14H,3,5H2,1-2H3,(H,15,18)(H,16,17). The van der Waals surface area contributed by atoms with Crippen molar-refractivity contribution in [2.45, 2.75) is 25.4 Å². The van der Waals surface area contributed by atoms with Crippen LogP contribution in [0.3, 0.4) is 0 Å². The lowest BCUT2D eigenvalue weighted by Gasteiger charge is -2.09. The number of nitrogens with zero attached hydrogens (tertiary/aromatic N) is 2. The van der Waals surface area contributed by atoms with E-state index < -0.39 is 10.0 Å². The number of nitrogens with one attached hydrogen (secondary N) is 3. The van der Waals surface area contributed by atoms with Gasteiger partial charge < -0.3 is 5.32 Å². The van der Waals surface area contributed by atoms with Crippen LogP contribution in [0.4, 0.5) is 5.82 Å². The average Bonchev–Trinajstić information content (AvgIpc) is 2.89. The molecule has 2 rings (SSSR count). The number of pyridine rings is 1. The molecule has 0 unspecified atom stereocenters. The molecule has 2 aromatic rings. The zero-order chi connectivity index (χ0) is 15.5. The van der Waals surface area contributed by atoms with E-state index in [1.54, 1.807) is 12.3 Å². The van der Waals surface area contributed by atoms with E-state index in [2.05, 4.69) is 41.2 Å². The van der Waals surface area contributed by atoms with Crippen LogP contribution in [0.25, 0.3) is 0 Å². The number of anilines is 1. The van der Waals surface area contributed by atoms with Crippen LogP contribution in [0.15, 0.2) is 28.0 Å². The summed E-state index contributed by atoms with van der Waals surface area (Å²) in [5.41, 5.74) is 1.47. The van der Waals surface area contributed by atoms with Crippen molar-refractivity contribution in [3.63, 3.8) is 0 Å². The minimum absolute atomic E-state index is 0.0471. The Kier molecular flexibility index (Phi) is 4.96. The number of aromatic amines is 1. The van der Waals surface area contributed by atoms with E-state index in [0.717, 1.165) is 16.6 Å². The second-order valence-corrected chi connectivity index (χ2v) is 6.90. The number of sulfonamides is 1. The van der Waals surface area contributed by atoms with E-state index in [1.165, 1.54) is 6.20 Å². The van der Waals surface area contributed by atoms with Crippen LogP contribution in [0, 0.1) is 6.92 Å². The maximum Gasteiger partial charge on any atom is 0.280 e. The fourth-order valence-corrected chi connectivity index (χ4v) is 3.05. The summed E-state index contributed by atoms with van der Waals surface area (Å²) in [6, 6.07) is 1.65. The topological polar surface area (TPSA) is 99.8 Å². The molecule has 114 valence electrons. The third-order valence-electron chi connectivity index (χ3n) is 2.80. The van der Waals surface area contributed by atoms with Crippen molar-refractivity contribution < 1.29 is 8.42 Å². The van der Waals surface area contributed by atoms with Gasteiger partial charge in [0.1, 0.15) is 5.82 Å². The molecule has 0 bridgehead atoms. The highest BCUT2D eigenvalue weighted by Gasteiger charge is 2.21. The molecule has 2 heterocycles. The number of hydrogen-bond acceptors (Lipinski definition) is 5. The van der Waals surface area contributed by atoms with Crippen LogP contribution >= 0.6 is 15.9 Å². The zero-order valence-corrected chi connectivity index (χ0v) is 14.0. The van der Waals surface area contributed by atoms with E-state index >= 15 is 0 Å². The maximum atomic E-state index is 12.4. The Hall–Kier alpha value is -1.45. The predicted octanol–water partition coefficient (Wildman–Crippen LogP) is 1.79. The Bertz CT molecular complexity index is 729. The molecule has 3 N–H and O–H groups in total. The Morgan fingerprint density at radius 1 is 1.38 bits per heavy atom. The first-order valence-electron chi connectivity index (χ1n) is 6.32. The summed E-state index contributed by atoms with van der Waals surface area (Å²) in [6.07, 6.45) is 3.05. The van der Waals surface area contributed by atoms with E-state index in [9.17, 15) is 8.42 Å². The van der Waals surface area contributed by atoms with Gasteiger partial charge in [-0.3, -0.25) is 9.82 Å². The second-order valence-electron chi connectivity index (χ2n) is 4.43. The van der Waals surface area contributed by atoms with E-state index in [-0.39, 0.29) is 10.8 Å². The monoisotopic (exact) mass is 373 g/mol. The van der Waals surface area contributed by atoms with Crippen LogP contribution in [-0.4, -0.2) is 30.1 Å². The van der Waals surface area contributed by atoms with E-state index in [1.807, 2.05) is 13.8 Å². The summed E-state index contributed by atoms with van der Waals surface area (Å²) < 4.78 is 28.0. The van der Waals surface area contributed by atoms with Crippen LogP contribution < -0.4 is 10.0 Å². The Balaban J connectivity index is 2.26. The van der Waals surface area contributed by atoms with Crippen molar-refractivity contribution in [2.24, 2.45) is 0 Å². The van der Waals surface area contributed by atoms with Gasteiger partial charge in [0.05, 0.1) is 6.20 Å². The highest BCUT2D eigenvalue weighted by Crippen LogP contribution is 2.20. The lowest BCUT2D eigenvalue weighted by Crippen LogP contribution is -2.19. The number of hydrogen-bond donors (Lipinski definition) is 3. The Labute approximate surface area is 131 Å². The van der Waals surface area contributed by atoms with Crippen LogP contribution in [0.1, 0.15) is 18.1 Å². The summed E-state index contributed by atoms with van der Waals surface area (Å²) in [5.74, 6) is 0.264. The zero-order valence-electron chi connectivity index (χ0n) is 11.6. The Morgan fingerprint density at radius 3 is 2.81 bits per heavy atom. The second kappa shape index (κ2) is 6.54. The number of halogens is 1. The molecule has 0 spiro atoms. The van der Waals surface area contributed by atoms with Crippen molar-refractivity contribution in [3.05, 3.63) is 34.1 Å². The lowest BCUT2D eigenvalue weighted by molar-refractivity contribution is 0.594. The SMILES string of the molecule is CCNCc1cn[nH]c1S(=O)(=O)Nc1cc(C)c(Br)cn1. The molecule has 0 fully saturated rings. The first-order chi connectivity index (χ1) is 9.94. The van der Waals surface area contributed by atoms with Crippen LogP contribution in [0.5, 0.6) is 0 Å². The van der Waals surface area contributed by atoms with Crippen LogP contribution in [-0.2, 0) is 16.6 Å². The van der Waals surface area contributed by atoms with Crippen molar-refractivity contribution in [1.29, 1.82) is 0 Å². The molecule has 0 saturated carbocycles. The molecule has 0 aliphatic carbocycles. The summed E-state index contributed by atoms with van der Waals surface area (Å²) in [4.78, 5) is 4.04. The van der Waals surface area contributed by atoms with Crippen molar-refractivity contribution >= 4 is 31.8 Å². The smallest absolute Gasteiger partial charge is 0.280 e. The average molecular weight is 374 g/mol. The summed E-state index contributed by atoms with van der Waals surface area (Å²) in [5, 5.41) is 9.44. The molecule has 0 radical (unpaired) electrons. The number of aromatic nitrogens is 3. The van der Waals surface area contributed by atoms with Gasteiger partial charge in [0.2, 0.25) is 0 Å². The predicted molar refractivity (Wildman–Crippen MR) is 83.5 cm³/mol. The van der Waals surface area contributed by atoms with Gasteiger partial charge in [0, 0.05) is 22.8 Å². The molecule has 2 aromatic heterocycles. The van der Waals surface area contributed by atoms with Gasteiger partial charge in [0.15, 0.2) is 5.03 Å². The van der Waals surface area contributed by atoms with Gasteiger partial charge in [-0.05, 0) is 41.0 Å². The van der Waals surface area contributed by atoms with Gasteiger partial charge in [-0.15, -0.1) is 0 Å². The molecule has 9 heteroatoms. The lowest BCUT2D eigenvalue weighted by atomic mass is 10.3. The van der Waals surface area contributed by atoms with Crippen LogP contribution in [0.2, 0.25) is 0 Å². The molecule has 0 saturated heterocycles. The number of aryl methyl sites for hydroxylation is 1. The molecular formula is C12H16BrN5O2S. The first kappa shape index (κ1) is 15.9. The first-order valence-corrected chi connectivity index (χ1v) is 8.59. The molecule has 0 aromatic carbocycles. The summed E-state index contributed by atoms with van der Waals surface area (Å²) in [6.45, 7) is 4.97. The van der Waals surface area contributed by atoms with Crippen molar-refractivity contribution in [1.82, 2.24) is 20.5 Å². The van der Waals surface area contributed by atoms with E-state index in [0.29, 0.717) is 12.1 Å². The molecule has 0 aliphatic rings. The van der Waals surface area contributed by atoms with Gasteiger partial charge in [0.25, 0.3) is 10.0 Å². The van der Waals surface area contributed by atoms with Gasteiger partial charge >= 0.3 is 0 Å². The number of H-pyrrole nitrogens is 1. The fraction of sp³-hybridized carbons (Fsp3) is 0.333. The largest absolute Gasteiger partial charge is 0.313 e. The normalized spacial score (nSPS) is 11.6. The Morgan fingerprint density at radius 2 is 2.14 bits per heavy atom. The molecule has 0 aliphatic heterocycles. The molecular weight excluding hydrogens is 358 g/mol.